The van der Waals surface area contributed by atoms with E-state index in [1.165, 1.54) is 23.2 Å². The van der Waals surface area contributed by atoms with Gasteiger partial charge >= 0.3 is 0 Å². The number of hydrogen-bond donors (Lipinski definition) is 1. The molecule has 1 fully saturated rings. The maximum Gasteiger partial charge on any atom is 0.224 e. The SMILES string of the molecule is COc1ccc(CC(=O)NC[C@H](c2ccc3c(c2)CCCN3C)N2CCN(C)CC2)cc1OC. The lowest BCUT2D eigenvalue weighted by atomic mass is 9.95. The molecular formula is C27H38N4O3. The van der Waals surface area contributed by atoms with Crippen molar-refractivity contribution in [2.24, 2.45) is 0 Å². The first kappa shape index (κ1) is 24.4. The molecule has 2 aliphatic rings. The number of hydrogen-bond acceptors (Lipinski definition) is 6. The van der Waals surface area contributed by atoms with E-state index in [9.17, 15) is 4.79 Å². The quantitative estimate of drug-likeness (QED) is 0.646. The van der Waals surface area contributed by atoms with Gasteiger partial charge in [0.25, 0.3) is 0 Å². The molecule has 34 heavy (non-hydrogen) atoms. The molecule has 1 amide bonds. The zero-order chi connectivity index (χ0) is 24.1. The molecule has 0 radical (unpaired) electrons. The van der Waals surface area contributed by atoms with Crippen LogP contribution < -0.4 is 19.7 Å². The van der Waals surface area contributed by atoms with Crippen LogP contribution in [0.1, 0.15) is 29.2 Å². The molecular weight excluding hydrogens is 428 g/mol. The van der Waals surface area contributed by atoms with Crippen molar-refractivity contribution >= 4 is 11.6 Å². The number of aryl methyl sites for hydroxylation is 1. The Morgan fingerprint density at radius 3 is 2.47 bits per heavy atom. The Kier molecular flexibility index (Phi) is 7.95. The van der Waals surface area contributed by atoms with Crippen LogP contribution in [0.3, 0.4) is 0 Å². The fraction of sp³-hybridized carbons (Fsp3) is 0.519. The van der Waals surface area contributed by atoms with Gasteiger partial charge in [-0.3, -0.25) is 9.69 Å². The van der Waals surface area contributed by atoms with Crippen molar-refractivity contribution in [3.05, 3.63) is 53.1 Å². The van der Waals surface area contributed by atoms with Crippen molar-refractivity contribution in [1.82, 2.24) is 15.1 Å². The summed E-state index contributed by atoms with van der Waals surface area (Å²) in [6.45, 7) is 5.81. The molecule has 2 aliphatic heterocycles. The van der Waals surface area contributed by atoms with Crippen LogP contribution in [0, 0.1) is 0 Å². The zero-order valence-corrected chi connectivity index (χ0v) is 21.0. The van der Waals surface area contributed by atoms with Gasteiger partial charge < -0.3 is 24.6 Å². The smallest absolute Gasteiger partial charge is 0.224 e. The summed E-state index contributed by atoms with van der Waals surface area (Å²) >= 11 is 0. The lowest BCUT2D eigenvalue weighted by Gasteiger charge is -2.39. The topological polar surface area (TPSA) is 57.3 Å². The summed E-state index contributed by atoms with van der Waals surface area (Å²) < 4.78 is 10.7. The molecule has 2 aromatic carbocycles. The minimum absolute atomic E-state index is 0.0176. The molecule has 7 nitrogen and oxygen atoms in total. The Labute approximate surface area is 203 Å². The van der Waals surface area contributed by atoms with E-state index >= 15 is 0 Å². The summed E-state index contributed by atoms with van der Waals surface area (Å²) in [4.78, 5) is 20.1. The third-order valence-corrected chi connectivity index (χ3v) is 7.12. The summed E-state index contributed by atoms with van der Waals surface area (Å²) in [5.74, 6) is 1.33. The molecule has 7 heteroatoms. The predicted octanol–water partition coefficient (Wildman–Crippen LogP) is 2.73. The Balaban J connectivity index is 1.47. The van der Waals surface area contributed by atoms with E-state index in [1.54, 1.807) is 14.2 Å². The highest BCUT2D eigenvalue weighted by atomic mass is 16.5. The van der Waals surface area contributed by atoms with Gasteiger partial charge in [-0.15, -0.1) is 0 Å². The van der Waals surface area contributed by atoms with Gasteiger partial charge in [0, 0.05) is 52.0 Å². The van der Waals surface area contributed by atoms with E-state index in [1.807, 2.05) is 18.2 Å². The van der Waals surface area contributed by atoms with Crippen LogP contribution in [0.4, 0.5) is 5.69 Å². The van der Waals surface area contributed by atoms with E-state index in [2.05, 4.69) is 52.3 Å². The second-order valence-corrected chi connectivity index (χ2v) is 9.44. The van der Waals surface area contributed by atoms with Crippen molar-refractivity contribution in [2.45, 2.75) is 25.3 Å². The highest BCUT2D eigenvalue weighted by Gasteiger charge is 2.26. The molecule has 0 spiro atoms. The van der Waals surface area contributed by atoms with Gasteiger partial charge in [-0.05, 0) is 54.8 Å². The monoisotopic (exact) mass is 466 g/mol. The first-order valence-corrected chi connectivity index (χ1v) is 12.2. The van der Waals surface area contributed by atoms with Gasteiger partial charge in [0.15, 0.2) is 11.5 Å². The summed E-state index contributed by atoms with van der Waals surface area (Å²) in [7, 11) is 7.57. The molecule has 4 rings (SSSR count). The first-order chi connectivity index (χ1) is 16.5. The Morgan fingerprint density at radius 1 is 0.971 bits per heavy atom. The number of fused-ring (bicyclic) bond motifs is 1. The maximum atomic E-state index is 12.9. The van der Waals surface area contributed by atoms with Crippen molar-refractivity contribution in [3.63, 3.8) is 0 Å². The van der Waals surface area contributed by atoms with E-state index < -0.39 is 0 Å². The van der Waals surface area contributed by atoms with Gasteiger partial charge in [0.05, 0.1) is 26.7 Å². The number of rotatable bonds is 8. The molecule has 0 aliphatic carbocycles. The van der Waals surface area contributed by atoms with Crippen LogP contribution in [-0.4, -0.2) is 83.3 Å². The maximum absolute atomic E-state index is 12.9. The number of carbonyl (C=O) groups is 1. The standard InChI is InChI=1S/C27H38N4O3/c1-29-12-14-31(15-13-29)24(22-8-9-23-21(18-22)6-5-11-30(23)2)19-28-27(32)17-20-7-10-25(33-3)26(16-20)34-4/h7-10,16,18,24H,5-6,11-15,17,19H2,1-4H3,(H,28,32)/t24-/m1/s1. The van der Waals surface area contributed by atoms with E-state index in [-0.39, 0.29) is 11.9 Å². The summed E-state index contributed by atoms with van der Waals surface area (Å²) in [5, 5.41) is 3.22. The highest BCUT2D eigenvalue weighted by molar-refractivity contribution is 5.78. The summed E-state index contributed by atoms with van der Waals surface area (Å²) in [5.41, 5.74) is 4.96. The van der Waals surface area contributed by atoms with E-state index in [4.69, 9.17) is 9.47 Å². The Hall–Kier alpha value is -2.77. The van der Waals surface area contributed by atoms with Crippen LogP contribution in [-0.2, 0) is 17.6 Å². The largest absolute Gasteiger partial charge is 0.493 e. The van der Waals surface area contributed by atoms with Gasteiger partial charge in [-0.2, -0.15) is 0 Å². The molecule has 1 saturated heterocycles. The van der Waals surface area contributed by atoms with Gasteiger partial charge in [0.1, 0.15) is 0 Å². The van der Waals surface area contributed by atoms with Crippen LogP contribution in [0.25, 0.3) is 0 Å². The number of piperazine rings is 1. The van der Waals surface area contributed by atoms with E-state index in [0.717, 1.165) is 44.7 Å². The number of anilines is 1. The average Bonchev–Trinajstić information content (AvgIpc) is 2.85. The molecule has 0 bridgehead atoms. The fourth-order valence-corrected chi connectivity index (χ4v) is 5.05. The molecule has 0 unspecified atom stereocenters. The molecule has 2 aromatic rings. The summed E-state index contributed by atoms with van der Waals surface area (Å²) in [6.07, 6.45) is 2.62. The van der Waals surface area contributed by atoms with Gasteiger partial charge in [-0.1, -0.05) is 18.2 Å². The molecule has 0 aromatic heterocycles. The predicted molar refractivity (Wildman–Crippen MR) is 136 cm³/mol. The molecule has 2 heterocycles. The number of ether oxygens (including phenoxy) is 2. The number of carbonyl (C=O) groups excluding carboxylic acids is 1. The molecule has 1 N–H and O–H groups in total. The van der Waals surface area contributed by atoms with Crippen molar-refractivity contribution in [2.75, 3.05) is 72.5 Å². The average molecular weight is 467 g/mol. The zero-order valence-electron chi connectivity index (χ0n) is 21.0. The van der Waals surface area contributed by atoms with Crippen molar-refractivity contribution < 1.29 is 14.3 Å². The fourth-order valence-electron chi connectivity index (χ4n) is 5.05. The number of nitrogens with zero attached hydrogens (tertiary/aromatic N) is 3. The third kappa shape index (κ3) is 5.65. The minimum atomic E-state index is 0.0176. The first-order valence-electron chi connectivity index (χ1n) is 12.2. The number of likely N-dealkylation sites (N-methyl/N-ethyl adjacent to an activating group) is 1. The number of amides is 1. The lowest BCUT2D eigenvalue weighted by molar-refractivity contribution is -0.120. The van der Waals surface area contributed by atoms with Crippen LogP contribution in [0.15, 0.2) is 36.4 Å². The Morgan fingerprint density at radius 2 is 1.74 bits per heavy atom. The van der Waals surface area contributed by atoms with Crippen molar-refractivity contribution in [3.8, 4) is 11.5 Å². The van der Waals surface area contributed by atoms with Crippen molar-refractivity contribution in [1.29, 1.82) is 0 Å². The van der Waals surface area contributed by atoms with Gasteiger partial charge in [0.2, 0.25) is 5.91 Å². The van der Waals surface area contributed by atoms with Crippen LogP contribution in [0.5, 0.6) is 11.5 Å². The highest BCUT2D eigenvalue weighted by Crippen LogP contribution is 2.31. The van der Waals surface area contributed by atoms with Crippen LogP contribution >= 0.6 is 0 Å². The number of benzene rings is 2. The summed E-state index contributed by atoms with van der Waals surface area (Å²) in [6, 6.07) is 12.7. The second kappa shape index (κ2) is 11.1. The van der Waals surface area contributed by atoms with Crippen LogP contribution in [0.2, 0.25) is 0 Å². The third-order valence-electron chi connectivity index (χ3n) is 7.12. The molecule has 1 atom stereocenters. The normalized spacial score (nSPS) is 17.7. The molecule has 184 valence electrons. The van der Waals surface area contributed by atoms with E-state index in [0.29, 0.717) is 24.5 Å². The number of nitrogens with one attached hydrogen (secondary N) is 1. The molecule has 0 saturated carbocycles. The van der Waals surface area contributed by atoms with Gasteiger partial charge in [-0.25, -0.2) is 0 Å². The number of methoxy groups -OCH3 is 2. The minimum Gasteiger partial charge on any atom is -0.493 e. The Bertz CT molecular complexity index is 988. The second-order valence-electron chi connectivity index (χ2n) is 9.44. The lowest BCUT2D eigenvalue weighted by Crippen LogP contribution is -2.48.